The van der Waals surface area contributed by atoms with E-state index in [9.17, 15) is 0 Å². The van der Waals surface area contributed by atoms with E-state index in [1.807, 2.05) is 0 Å². The first-order valence-corrected chi connectivity index (χ1v) is 10.6. The van der Waals surface area contributed by atoms with E-state index < -0.39 is 0 Å². The molecule has 0 bridgehead atoms. The monoisotopic (exact) mass is 396 g/mol. The van der Waals surface area contributed by atoms with Gasteiger partial charge in [0.1, 0.15) is 11.5 Å². The summed E-state index contributed by atoms with van der Waals surface area (Å²) in [5.74, 6) is 1.75. The van der Waals surface area contributed by atoms with Crippen LogP contribution >= 0.6 is 0 Å². The van der Waals surface area contributed by atoms with Crippen molar-refractivity contribution in [3.05, 3.63) is 53.6 Å². The predicted octanol–water partition coefficient (Wildman–Crippen LogP) is 5.85. The second-order valence-corrected chi connectivity index (χ2v) is 6.82. The van der Waals surface area contributed by atoms with Gasteiger partial charge in [0, 0.05) is 60.8 Å². The molecule has 0 aliphatic heterocycles. The molecule has 2 aromatic rings. The molecule has 4 nitrogen and oxygen atoms in total. The highest BCUT2D eigenvalue weighted by molar-refractivity contribution is 5.87. The molecule has 0 amide bonds. The molecule has 0 saturated heterocycles. The quantitative estimate of drug-likeness (QED) is 0.503. The third-order valence-corrected chi connectivity index (χ3v) is 5.50. The molecule has 0 radical (unpaired) electrons. The molecule has 4 heteroatoms. The lowest BCUT2D eigenvalue weighted by atomic mass is 9.95. The van der Waals surface area contributed by atoms with Crippen LogP contribution in [-0.2, 0) is 0 Å². The zero-order valence-corrected chi connectivity index (χ0v) is 19.1. The number of hydrogen-bond acceptors (Lipinski definition) is 4. The van der Waals surface area contributed by atoms with Crippen LogP contribution in [0, 0.1) is 0 Å². The van der Waals surface area contributed by atoms with Crippen LogP contribution < -0.4 is 19.3 Å². The predicted molar refractivity (Wildman–Crippen MR) is 126 cm³/mol. The third-order valence-electron chi connectivity index (χ3n) is 5.50. The van der Waals surface area contributed by atoms with Crippen LogP contribution in [0.15, 0.2) is 42.5 Å². The van der Waals surface area contributed by atoms with E-state index in [4.69, 9.17) is 9.47 Å². The fraction of sp³-hybridized carbons (Fsp3) is 0.440. The summed E-state index contributed by atoms with van der Waals surface area (Å²) in [6.45, 7) is 14.6. The first-order valence-electron chi connectivity index (χ1n) is 10.6. The smallest absolute Gasteiger partial charge is 0.128 e. The van der Waals surface area contributed by atoms with Gasteiger partial charge >= 0.3 is 0 Å². The number of rotatable bonds is 10. The van der Waals surface area contributed by atoms with Crippen LogP contribution in [0.1, 0.15) is 45.7 Å². The van der Waals surface area contributed by atoms with Crippen molar-refractivity contribution in [1.82, 2.24) is 0 Å². The summed E-state index contributed by atoms with van der Waals surface area (Å²) in [4.78, 5) is 4.64. The Hall–Kier alpha value is -2.62. The van der Waals surface area contributed by atoms with E-state index in [2.05, 4.69) is 86.9 Å². The zero-order valence-electron chi connectivity index (χ0n) is 19.1. The number of ether oxygens (including phenoxy) is 2. The molecule has 2 rings (SSSR count). The van der Waals surface area contributed by atoms with Gasteiger partial charge < -0.3 is 19.3 Å². The van der Waals surface area contributed by atoms with Crippen LogP contribution in [0.3, 0.4) is 0 Å². The minimum Gasteiger partial charge on any atom is -0.496 e. The Morgan fingerprint density at radius 1 is 0.724 bits per heavy atom. The van der Waals surface area contributed by atoms with Gasteiger partial charge in [-0.3, -0.25) is 0 Å². The summed E-state index contributed by atoms with van der Waals surface area (Å²) < 4.78 is 11.6. The minimum absolute atomic E-state index is 0.873. The summed E-state index contributed by atoms with van der Waals surface area (Å²) in [6.07, 6.45) is 2.13. The average Bonchev–Trinajstić information content (AvgIpc) is 2.77. The molecule has 0 saturated carbocycles. The maximum Gasteiger partial charge on any atom is 0.128 e. The highest BCUT2D eigenvalue weighted by atomic mass is 16.5. The van der Waals surface area contributed by atoms with Crippen LogP contribution in [-0.4, -0.2) is 40.4 Å². The van der Waals surface area contributed by atoms with Crippen LogP contribution in [0.4, 0.5) is 11.4 Å². The topological polar surface area (TPSA) is 24.9 Å². The number of nitrogens with zero attached hydrogens (tertiary/aromatic N) is 2. The molecule has 0 N–H and O–H groups in total. The van der Waals surface area contributed by atoms with E-state index >= 15 is 0 Å². The Morgan fingerprint density at radius 2 is 1.10 bits per heavy atom. The van der Waals surface area contributed by atoms with E-state index in [1.54, 1.807) is 14.2 Å². The number of anilines is 2. The number of hydrogen-bond donors (Lipinski definition) is 0. The fourth-order valence-corrected chi connectivity index (χ4v) is 3.83. The Labute approximate surface area is 176 Å². The molecule has 29 heavy (non-hydrogen) atoms. The highest BCUT2D eigenvalue weighted by Crippen LogP contribution is 2.39. The van der Waals surface area contributed by atoms with Gasteiger partial charge in [0.05, 0.1) is 14.2 Å². The molecule has 0 unspecified atom stereocenters. The second kappa shape index (κ2) is 10.8. The molecule has 0 atom stereocenters. The molecule has 0 fully saturated rings. The van der Waals surface area contributed by atoms with Crippen molar-refractivity contribution in [2.75, 3.05) is 50.2 Å². The first-order chi connectivity index (χ1) is 14.1. The SMILES string of the molecule is CC=C(c1ccc(N(CC)CC)cc1OC)c1ccc(N(CC)CC)cc1OC. The lowest BCUT2D eigenvalue weighted by Crippen LogP contribution is -2.22. The van der Waals surface area contributed by atoms with Gasteiger partial charge in [0.2, 0.25) is 0 Å². The molecule has 158 valence electrons. The van der Waals surface area contributed by atoms with Crippen LogP contribution in [0.5, 0.6) is 11.5 Å². The van der Waals surface area contributed by atoms with E-state index in [0.717, 1.165) is 54.4 Å². The summed E-state index contributed by atoms with van der Waals surface area (Å²) in [6, 6.07) is 12.9. The summed E-state index contributed by atoms with van der Waals surface area (Å²) in [5.41, 5.74) is 5.60. The molecule has 0 heterocycles. The number of methoxy groups -OCH3 is 2. The van der Waals surface area contributed by atoms with Crippen molar-refractivity contribution in [3.8, 4) is 11.5 Å². The average molecular weight is 397 g/mol. The largest absolute Gasteiger partial charge is 0.496 e. The number of allylic oxidation sites excluding steroid dienone is 1. The molecule has 2 aromatic carbocycles. The molecular formula is C25H36N2O2. The van der Waals surface area contributed by atoms with Crippen molar-refractivity contribution < 1.29 is 9.47 Å². The maximum absolute atomic E-state index is 5.78. The normalized spacial score (nSPS) is 10.4. The van der Waals surface area contributed by atoms with Crippen molar-refractivity contribution in [2.45, 2.75) is 34.6 Å². The Bertz CT molecular complexity index is 756. The zero-order chi connectivity index (χ0) is 21.4. The lowest BCUT2D eigenvalue weighted by molar-refractivity contribution is 0.411. The van der Waals surface area contributed by atoms with Crippen molar-refractivity contribution in [1.29, 1.82) is 0 Å². The number of benzene rings is 2. The van der Waals surface area contributed by atoms with Gasteiger partial charge in [-0.1, -0.05) is 6.08 Å². The van der Waals surface area contributed by atoms with Crippen LogP contribution in [0.25, 0.3) is 5.57 Å². The van der Waals surface area contributed by atoms with E-state index in [0.29, 0.717) is 0 Å². The standard InChI is InChI=1S/C25H36N2O2/c1-8-21(22-15-13-19(17-24(22)28-6)26(9-2)10-3)23-16-14-20(18-25(23)29-7)27(11-4)12-5/h8,13-18H,9-12H2,1-7H3. The van der Waals surface area contributed by atoms with Gasteiger partial charge in [-0.15, -0.1) is 0 Å². The van der Waals surface area contributed by atoms with Gasteiger partial charge in [-0.05, 0) is 64.5 Å². The molecular weight excluding hydrogens is 360 g/mol. The first kappa shape index (κ1) is 22.7. The Morgan fingerprint density at radius 3 is 1.38 bits per heavy atom. The Balaban J connectivity index is 2.53. The minimum atomic E-state index is 0.873. The van der Waals surface area contributed by atoms with Gasteiger partial charge in [-0.2, -0.15) is 0 Å². The molecule has 0 spiro atoms. The Kier molecular flexibility index (Phi) is 8.44. The molecule has 0 aliphatic rings. The van der Waals surface area contributed by atoms with E-state index in [-0.39, 0.29) is 0 Å². The third kappa shape index (κ3) is 4.87. The van der Waals surface area contributed by atoms with Crippen LogP contribution in [0.2, 0.25) is 0 Å². The summed E-state index contributed by atoms with van der Waals surface area (Å²) >= 11 is 0. The van der Waals surface area contributed by atoms with Crippen molar-refractivity contribution in [2.24, 2.45) is 0 Å². The van der Waals surface area contributed by atoms with Crippen molar-refractivity contribution in [3.63, 3.8) is 0 Å². The summed E-state index contributed by atoms with van der Waals surface area (Å²) in [7, 11) is 3.47. The molecule has 0 aromatic heterocycles. The molecule has 0 aliphatic carbocycles. The summed E-state index contributed by atoms with van der Waals surface area (Å²) in [5, 5.41) is 0. The van der Waals surface area contributed by atoms with Gasteiger partial charge in [0.15, 0.2) is 0 Å². The van der Waals surface area contributed by atoms with E-state index in [1.165, 1.54) is 11.4 Å². The second-order valence-electron chi connectivity index (χ2n) is 6.82. The van der Waals surface area contributed by atoms with Crippen molar-refractivity contribution >= 4 is 16.9 Å². The van der Waals surface area contributed by atoms with Gasteiger partial charge in [-0.25, -0.2) is 0 Å². The highest BCUT2D eigenvalue weighted by Gasteiger charge is 2.17. The lowest BCUT2D eigenvalue weighted by Gasteiger charge is -2.24. The fourth-order valence-electron chi connectivity index (χ4n) is 3.83. The van der Waals surface area contributed by atoms with Gasteiger partial charge in [0.25, 0.3) is 0 Å². The maximum atomic E-state index is 5.78.